The number of ether oxygens (including phenoxy) is 1. The van der Waals surface area contributed by atoms with Gasteiger partial charge in [0.25, 0.3) is 5.91 Å². The van der Waals surface area contributed by atoms with Crippen molar-refractivity contribution < 1.29 is 14.6 Å². The van der Waals surface area contributed by atoms with Crippen LogP contribution in [0.1, 0.15) is 37.7 Å². The Morgan fingerprint density at radius 1 is 1.11 bits per heavy atom. The second-order valence-electron chi connectivity index (χ2n) is 8.50. The molecule has 0 saturated carbocycles. The van der Waals surface area contributed by atoms with Crippen molar-refractivity contribution in [1.82, 2.24) is 15.1 Å². The number of methoxy groups -OCH3 is 1. The molecular weight excluding hydrogens is 354 g/mol. The van der Waals surface area contributed by atoms with Crippen LogP contribution >= 0.6 is 0 Å². The molecule has 154 valence electrons. The number of amides is 1. The molecule has 3 aliphatic rings. The Labute approximate surface area is 167 Å². The van der Waals surface area contributed by atoms with E-state index < -0.39 is 11.2 Å². The van der Waals surface area contributed by atoms with E-state index in [4.69, 9.17) is 4.74 Å². The highest BCUT2D eigenvalue weighted by Gasteiger charge is 2.50. The van der Waals surface area contributed by atoms with Crippen LogP contribution in [-0.4, -0.2) is 78.8 Å². The first-order valence-corrected chi connectivity index (χ1v) is 10.7. The molecule has 0 unspecified atom stereocenters. The third kappa shape index (κ3) is 3.47. The monoisotopic (exact) mass is 387 g/mol. The summed E-state index contributed by atoms with van der Waals surface area (Å²) in [5.41, 5.74) is -0.679. The van der Waals surface area contributed by atoms with Crippen molar-refractivity contribution in [2.24, 2.45) is 0 Å². The number of nitrogens with one attached hydrogen (secondary N) is 1. The summed E-state index contributed by atoms with van der Waals surface area (Å²) in [5, 5.41) is 15.1. The normalized spacial score (nSPS) is 31.1. The zero-order chi connectivity index (χ0) is 19.6. The van der Waals surface area contributed by atoms with Gasteiger partial charge in [0, 0.05) is 20.2 Å². The molecule has 1 aromatic carbocycles. The average molecular weight is 388 g/mol. The summed E-state index contributed by atoms with van der Waals surface area (Å²) in [6.45, 7) is 4.70. The number of rotatable bonds is 4. The van der Waals surface area contributed by atoms with Crippen LogP contribution in [0.4, 0.5) is 0 Å². The molecule has 3 saturated heterocycles. The molecular formula is C22H33N3O3. The molecule has 2 atom stereocenters. The van der Waals surface area contributed by atoms with Crippen LogP contribution in [0.2, 0.25) is 0 Å². The fourth-order valence-electron chi connectivity index (χ4n) is 5.27. The van der Waals surface area contributed by atoms with E-state index in [-0.39, 0.29) is 11.9 Å². The average Bonchev–Trinajstić information content (AvgIpc) is 3.29. The predicted molar refractivity (Wildman–Crippen MR) is 108 cm³/mol. The van der Waals surface area contributed by atoms with Gasteiger partial charge in [0.2, 0.25) is 0 Å². The minimum Gasteiger partial charge on any atom is -0.383 e. The van der Waals surface area contributed by atoms with Crippen molar-refractivity contribution >= 4 is 5.91 Å². The molecule has 0 bridgehead atoms. The SMILES string of the molecule is COC1(C(=O)N2CC[C@](O)(c3ccccc3)[C@H](N3CCCC3)C2)CCNCC1. The number of nitrogens with zero attached hydrogens (tertiary/aromatic N) is 2. The van der Waals surface area contributed by atoms with Crippen LogP contribution < -0.4 is 5.32 Å². The van der Waals surface area contributed by atoms with Crippen molar-refractivity contribution in [3.8, 4) is 0 Å². The van der Waals surface area contributed by atoms with E-state index >= 15 is 0 Å². The molecule has 0 radical (unpaired) electrons. The topological polar surface area (TPSA) is 65.0 Å². The van der Waals surface area contributed by atoms with Crippen molar-refractivity contribution in [3.05, 3.63) is 35.9 Å². The van der Waals surface area contributed by atoms with E-state index in [1.165, 1.54) is 0 Å². The first-order chi connectivity index (χ1) is 13.6. The van der Waals surface area contributed by atoms with Crippen LogP contribution in [0, 0.1) is 0 Å². The lowest BCUT2D eigenvalue weighted by molar-refractivity contribution is -0.167. The van der Waals surface area contributed by atoms with E-state index in [1.807, 2.05) is 35.2 Å². The highest BCUT2D eigenvalue weighted by molar-refractivity contribution is 5.85. The number of likely N-dealkylation sites (tertiary alicyclic amines) is 2. The Morgan fingerprint density at radius 3 is 2.43 bits per heavy atom. The van der Waals surface area contributed by atoms with Gasteiger partial charge in [-0.2, -0.15) is 0 Å². The van der Waals surface area contributed by atoms with Gasteiger partial charge in [-0.1, -0.05) is 30.3 Å². The van der Waals surface area contributed by atoms with Crippen molar-refractivity contribution in [2.45, 2.75) is 49.3 Å². The molecule has 2 N–H and O–H groups in total. The molecule has 0 spiro atoms. The summed E-state index contributed by atoms with van der Waals surface area (Å²) in [5.74, 6) is 0.0933. The quantitative estimate of drug-likeness (QED) is 0.816. The number of piperidine rings is 2. The molecule has 28 heavy (non-hydrogen) atoms. The number of hydrogen-bond donors (Lipinski definition) is 2. The summed E-state index contributed by atoms with van der Waals surface area (Å²) < 4.78 is 5.78. The lowest BCUT2D eigenvalue weighted by Crippen LogP contribution is -2.64. The van der Waals surface area contributed by atoms with Crippen LogP contribution in [0.15, 0.2) is 30.3 Å². The van der Waals surface area contributed by atoms with Gasteiger partial charge >= 0.3 is 0 Å². The third-order valence-corrected chi connectivity index (χ3v) is 7.04. The maximum absolute atomic E-state index is 13.5. The molecule has 4 rings (SSSR count). The smallest absolute Gasteiger partial charge is 0.254 e. The van der Waals surface area contributed by atoms with Gasteiger partial charge in [0.1, 0.15) is 11.2 Å². The second-order valence-corrected chi connectivity index (χ2v) is 8.50. The van der Waals surface area contributed by atoms with E-state index in [0.717, 1.165) is 44.6 Å². The van der Waals surface area contributed by atoms with Crippen LogP contribution in [0.5, 0.6) is 0 Å². The van der Waals surface area contributed by atoms with Gasteiger partial charge in [-0.15, -0.1) is 0 Å². The summed E-state index contributed by atoms with van der Waals surface area (Å²) in [6, 6.07) is 9.91. The van der Waals surface area contributed by atoms with Gasteiger partial charge in [0.05, 0.1) is 6.04 Å². The molecule has 1 amide bonds. The van der Waals surface area contributed by atoms with Gasteiger partial charge in [0.15, 0.2) is 0 Å². The van der Waals surface area contributed by atoms with Gasteiger partial charge in [-0.25, -0.2) is 0 Å². The van der Waals surface area contributed by atoms with Crippen LogP contribution in [0.3, 0.4) is 0 Å². The maximum Gasteiger partial charge on any atom is 0.254 e. The fraction of sp³-hybridized carbons (Fsp3) is 0.682. The fourth-order valence-corrected chi connectivity index (χ4v) is 5.27. The highest BCUT2D eigenvalue weighted by atomic mass is 16.5. The molecule has 3 heterocycles. The Morgan fingerprint density at radius 2 is 1.79 bits per heavy atom. The number of benzene rings is 1. The van der Waals surface area contributed by atoms with Gasteiger partial charge in [-0.05, 0) is 63.8 Å². The van der Waals surface area contributed by atoms with E-state index in [0.29, 0.717) is 32.4 Å². The van der Waals surface area contributed by atoms with Crippen LogP contribution in [0.25, 0.3) is 0 Å². The Bertz CT molecular complexity index is 671. The second kappa shape index (κ2) is 8.11. The first kappa shape index (κ1) is 19.8. The van der Waals surface area contributed by atoms with Crippen molar-refractivity contribution in [2.75, 3.05) is 46.4 Å². The highest BCUT2D eigenvalue weighted by Crippen LogP contribution is 2.38. The zero-order valence-electron chi connectivity index (χ0n) is 16.9. The first-order valence-electron chi connectivity index (χ1n) is 10.7. The number of carbonyl (C=O) groups excluding carboxylic acids is 1. The molecule has 6 heteroatoms. The van der Waals surface area contributed by atoms with E-state index in [9.17, 15) is 9.90 Å². The summed E-state index contributed by atoms with van der Waals surface area (Å²) in [6.07, 6.45) is 4.28. The lowest BCUT2D eigenvalue weighted by Gasteiger charge is -2.50. The Balaban J connectivity index is 1.59. The van der Waals surface area contributed by atoms with Crippen molar-refractivity contribution in [1.29, 1.82) is 0 Å². The largest absolute Gasteiger partial charge is 0.383 e. The molecule has 0 aliphatic carbocycles. The summed E-state index contributed by atoms with van der Waals surface area (Å²) in [7, 11) is 1.66. The van der Waals surface area contributed by atoms with E-state index in [1.54, 1.807) is 7.11 Å². The Kier molecular flexibility index (Phi) is 5.74. The van der Waals surface area contributed by atoms with Gasteiger partial charge in [-0.3, -0.25) is 9.69 Å². The lowest BCUT2D eigenvalue weighted by atomic mass is 9.78. The van der Waals surface area contributed by atoms with E-state index in [2.05, 4.69) is 10.2 Å². The molecule has 3 fully saturated rings. The van der Waals surface area contributed by atoms with Crippen LogP contribution in [-0.2, 0) is 15.1 Å². The number of aliphatic hydroxyl groups is 1. The van der Waals surface area contributed by atoms with Crippen molar-refractivity contribution in [3.63, 3.8) is 0 Å². The summed E-state index contributed by atoms with van der Waals surface area (Å²) >= 11 is 0. The standard InChI is InChI=1S/C22H33N3O3/c1-28-21(9-12-23-13-10-21)20(26)25-16-11-22(27,18-7-3-2-4-8-18)19(17-25)24-14-5-6-15-24/h2-4,7-8,19,23,27H,5-6,9-17H2,1H3/t19-,22+/m1/s1. The molecule has 1 aromatic rings. The minimum atomic E-state index is -0.920. The molecule has 3 aliphatic heterocycles. The molecule has 6 nitrogen and oxygen atoms in total. The Hall–Kier alpha value is -1.47. The predicted octanol–water partition coefficient (Wildman–Crippen LogP) is 1.34. The minimum absolute atomic E-state index is 0.0780. The molecule has 0 aromatic heterocycles. The van der Waals surface area contributed by atoms with Gasteiger partial charge < -0.3 is 20.1 Å². The number of hydrogen-bond acceptors (Lipinski definition) is 5. The number of carbonyl (C=O) groups is 1. The third-order valence-electron chi connectivity index (χ3n) is 7.04. The summed E-state index contributed by atoms with van der Waals surface area (Å²) in [4.78, 5) is 17.8. The zero-order valence-corrected chi connectivity index (χ0v) is 16.9. The maximum atomic E-state index is 13.5.